The number of sulfone groups is 1. The van der Waals surface area contributed by atoms with Gasteiger partial charge >= 0.3 is 0 Å². The van der Waals surface area contributed by atoms with E-state index in [0.29, 0.717) is 4.90 Å². The lowest BCUT2D eigenvalue weighted by Crippen LogP contribution is -2.46. The fourth-order valence-electron chi connectivity index (χ4n) is 5.30. The number of hydrogen-bond donors (Lipinski definition) is 0. The van der Waals surface area contributed by atoms with E-state index in [1.54, 1.807) is 12.1 Å². The smallest absolute Gasteiger partial charge is 0.184 e. The zero-order chi connectivity index (χ0) is 20.9. The number of nitrogens with zero attached hydrogens (tertiary/aromatic N) is 1. The molecule has 1 aliphatic heterocycles. The summed E-state index contributed by atoms with van der Waals surface area (Å²) < 4.78 is 26.0. The normalized spacial score (nSPS) is 21.8. The fraction of sp³-hybridized carbons (Fsp3) is 0.538. The van der Waals surface area contributed by atoms with Crippen molar-refractivity contribution in [3.63, 3.8) is 0 Å². The molecule has 0 amide bonds. The van der Waals surface area contributed by atoms with Gasteiger partial charge in [0.25, 0.3) is 0 Å². The summed E-state index contributed by atoms with van der Waals surface area (Å²) in [6.45, 7) is 3.37. The number of likely N-dealkylation sites (tertiary alicyclic amines) is 1. The minimum absolute atomic E-state index is 0.503. The summed E-state index contributed by atoms with van der Waals surface area (Å²) in [4.78, 5) is 3.09. The summed E-state index contributed by atoms with van der Waals surface area (Å²) >= 11 is 0. The molecule has 0 N–H and O–H groups in total. The predicted octanol–water partition coefficient (Wildman–Crippen LogP) is 5.51. The van der Waals surface area contributed by atoms with E-state index in [9.17, 15) is 8.42 Å². The molecule has 1 aliphatic carbocycles. The number of piperidine rings is 1. The predicted molar refractivity (Wildman–Crippen MR) is 123 cm³/mol. The Balaban J connectivity index is 1.28. The third-order valence-corrected chi connectivity index (χ3v) is 9.93. The lowest BCUT2D eigenvalue weighted by atomic mass is 9.80. The number of benzene rings is 2. The van der Waals surface area contributed by atoms with Crippen molar-refractivity contribution in [3.05, 3.63) is 66.2 Å². The highest BCUT2D eigenvalue weighted by atomic mass is 32.2. The quantitative estimate of drug-likeness (QED) is 0.532. The van der Waals surface area contributed by atoms with Gasteiger partial charge in [0.15, 0.2) is 9.84 Å². The lowest BCUT2D eigenvalue weighted by Gasteiger charge is -2.42. The van der Waals surface area contributed by atoms with Gasteiger partial charge in [0.1, 0.15) is 0 Å². The first-order valence-corrected chi connectivity index (χ1v) is 13.1. The third kappa shape index (κ3) is 4.81. The van der Waals surface area contributed by atoms with E-state index in [1.807, 2.05) is 18.2 Å². The number of aryl methyl sites for hydroxylation is 1. The van der Waals surface area contributed by atoms with Crippen LogP contribution in [0.1, 0.15) is 56.9 Å². The largest absolute Gasteiger partial charge is 0.303 e. The van der Waals surface area contributed by atoms with Gasteiger partial charge in [-0.3, -0.25) is 0 Å². The first-order chi connectivity index (χ1) is 14.6. The molecule has 2 aromatic rings. The van der Waals surface area contributed by atoms with Crippen LogP contribution in [0.25, 0.3) is 0 Å². The van der Waals surface area contributed by atoms with Crippen molar-refractivity contribution in [2.45, 2.75) is 67.4 Å². The molecule has 0 aromatic heterocycles. The van der Waals surface area contributed by atoms with Crippen molar-refractivity contribution in [1.82, 2.24) is 4.90 Å². The van der Waals surface area contributed by atoms with Gasteiger partial charge in [0, 0.05) is 6.54 Å². The molecule has 1 unspecified atom stereocenters. The van der Waals surface area contributed by atoms with Crippen molar-refractivity contribution >= 4 is 9.84 Å². The summed E-state index contributed by atoms with van der Waals surface area (Å²) in [5, 5.41) is 0. The second kappa shape index (κ2) is 9.65. The summed E-state index contributed by atoms with van der Waals surface area (Å²) in [5.41, 5.74) is 1.44. The van der Waals surface area contributed by atoms with Gasteiger partial charge in [-0.05, 0) is 88.1 Å². The van der Waals surface area contributed by atoms with E-state index in [-0.39, 0.29) is 0 Å². The molecule has 0 bridgehead atoms. The summed E-state index contributed by atoms with van der Waals surface area (Å²) in [7, 11) is -3.24. The van der Waals surface area contributed by atoms with Crippen molar-refractivity contribution < 1.29 is 8.42 Å². The number of rotatable bonds is 9. The maximum absolute atomic E-state index is 13.3. The standard InChI is InChI=1S/C26H35NO2S/c28-30(29,25-13-5-2-6-14-25)26(17-8-18-26)19-9-21-27-20-7-12-24(22-27)16-15-23-10-3-1-4-11-23/h1-6,10-11,13-14,24H,7-9,12,15-22H2. The van der Waals surface area contributed by atoms with Gasteiger partial charge in [-0.25, -0.2) is 8.42 Å². The monoisotopic (exact) mass is 425 g/mol. The van der Waals surface area contributed by atoms with Gasteiger partial charge in [0.2, 0.25) is 0 Å². The zero-order valence-corrected chi connectivity index (χ0v) is 18.8. The molecule has 4 heteroatoms. The van der Waals surface area contributed by atoms with Crippen molar-refractivity contribution in [3.8, 4) is 0 Å². The van der Waals surface area contributed by atoms with Gasteiger partial charge < -0.3 is 4.90 Å². The molecule has 1 heterocycles. The Kier molecular flexibility index (Phi) is 6.94. The molecule has 1 saturated carbocycles. The van der Waals surface area contributed by atoms with Crippen LogP contribution in [0, 0.1) is 5.92 Å². The van der Waals surface area contributed by atoms with Crippen LogP contribution in [0.15, 0.2) is 65.6 Å². The maximum Gasteiger partial charge on any atom is 0.184 e. The molecular formula is C26H35NO2S. The maximum atomic E-state index is 13.3. The highest BCUT2D eigenvalue weighted by molar-refractivity contribution is 7.93. The molecule has 1 atom stereocenters. The molecule has 4 rings (SSSR count). The summed E-state index contributed by atoms with van der Waals surface area (Å²) in [6, 6.07) is 19.9. The molecule has 30 heavy (non-hydrogen) atoms. The van der Waals surface area contributed by atoms with Gasteiger partial charge in [-0.15, -0.1) is 0 Å². The molecule has 2 aliphatic rings. The van der Waals surface area contributed by atoms with Crippen molar-refractivity contribution in [2.75, 3.05) is 19.6 Å². The molecule has 0 radical (unpaired) electrons. The Morgan fingerprint density at radius 3 is 2.30 bits per heavy atom. The Bertz CT molecular complexity index is 891. The van der Waals surface area contributed by atoms with Gasteiger partial charge in [0.05, 0.1) is 9.64 Å². The Morgan fingerprint density at radius 2 is 1.63 bits per heavy atom. The molecule has 2 aromatic carbocycles. The van der Waals surface area contributed by atoms with Crippen LogP contribution >= 0.6 is 0 Å². The average Bonchev–Trinajstić information content (AvgIpc) is 2.75. The summed E-state index contributed by atoms with van der Waals surface area (Å²) in [6.07, 6.45) is 9.49. The van der Waals surface area contributed by atoms with Gasteiger partial charge in [-0.1, -0.05) is 55.0 Å². The van der Waals surface area contributed by atoms with Crippen LogP contribution in [0.4, 0.5) is 0 Å². The van der Waals surface area contributed by atoms with Crippen LogP contribution in [0.5, 0.6) is 0 Å². The molecule has 0 spiro atoms. The Labute approximate surface area is 182 Å². The SMILES string of the molecule is O=S(=O)(c1ccccc1)C1(CCCN2CCCC(CCc3ccccc3)C2)CCC1. The van der Waals surface area contributed by atoms with Crippen LogP contribution in [-0.2, 0) is 16.3 Å². The van der Waals surface area contributed by atoms with Crippen LogP contribution < -0.4 is 0 Å². The van der Waals surface area contributed by atoms with E-state index in [0.717, 1.165) is 51.0 Å². The van der Waals surface area contributed by atoms with Crippen molar-refractivity contribution in [2.24, 2.45) is 5.92 Å². The van der Waals surface area contributed by atoms with E-state index < -0.39 is 14.6 Å². The van der Waals surface area contributed by atoms with Crippen LogP contribution in [0.3, 0.4) is 0 Å². The minimum Gasteiger partial charge on any atom is -0.303 e. The second-order valence-electron chi connectivity index (χ2n) is 9.29. The van der Waals surface area contributed by atoms with Crippen molar-refractivity contribution in [1.29, 1.82) is 0 Å². The fourth-order valence-corrected chi connectivity index (χ4v) is 7.56. The highest BCUT2D eigenvalue weighted by Gasteiger charge is 2.48. The topological polar surface area (TPSA) is 37.4 Å². The van der Waals surface area contributed by atoms with Gasteiger partial charge in [-0.2, -0.15) is 0 Å². The Morgan fingerprint density at radius 1 is 0.933 bits per heavy atom. The van der Waals surface area contributed by atoms with Crippen LogP contribution in [0.2, 0.25) is 0 Å². The molecule has 2 fully saturated rings. The summed E-state index contributed by atoms with van der Waals surface area (Å²) in [5.74, 6) is 0.768. The Hall–Kier alpha value is -1.65. The first kappa shape index (κ1) is 21.6. The van der Waals surface area contributed by atoms with E-state index in [2.05, 4.69) is 35.2 Å². The third-order valence-electron chi connectivity index (χ3n) is 7.28. The molecule has 1 saturated heterocycles. The molecule has 162 valence electrons. The van der Waals surface area contributed by atoms with E-state index in [4.69, 9.17) is 0 Å². The molecule has 3 nitrogen and oxygen atoms in total. The average molecular weight is 426 g/mol. The van der Waals surface area contributed by atoms with E-state index >= 15 is 0 Å². The second-order valence-corrected chi connectivity index (χ2v) is 11.6. The zero-order valence-electron chi connectivity index (χ0n) is 18.0. The number of hydrogen-bond acceptors (Lipinski definition) is 3. The van der Waals surface area contributed by atoms with E-state index in [1.165, 1.54) is 37.9 Å². The van der Waals surface area contributed by atoms with Crippen LogP contribution in [-0.4, -0.2) is 37.7 Å². The minimum atomic E-state index is -3.24. The first-order valence-electron chi connectivity index (χ1n) is 11.7. The highest BCUT2D eigenvalue weighted by Crippen LogP contribution is 2.46. The lowest BCUT2D eigenvalue weighted by molar-refractivity contribution is 0.161. The molecular weight excluding hydrogens is 390 g/mol.